The van der Waals surface area contributed by atoms with Gasteiger partial charge in [-0.2, -0.15) is 5.26 Å². The van der Waals surface area contributed by atoms with Gasteiger partial charge in [-0.1, -0.05) is 11.6 Å². The van der Waals surface area contributed by atoms with Crippen LogP contribution in [0.1, 0.15) is 107 Å². The van der Waals surface area contributed by atoms with Gasteiger partial charge in [-0.3, -0.25) is 34.2 Å². The zero-order chi connectivity index (χ0) is 40.1. The minimum Gasteiger partial charge on any atom is -0.490 e. The number of rotatable bonds is 8. The summed E-state index contributed by atoms with van der Waals surface area (Å²) in [5.74, 6) is -0.416. The van der Waals surface area contributed by atoms with Crippen molar-refractivity contribution in [3.8, 4) is 11.8 Å². The third-order valence-corrected chi connectivity index (χ3v) is 12.9. The molecule has 3 saturated heterocycles. The highest BCUT2D eigenvalue weighted by Crippen LogP contribution is 2.35. The summed E-state index contributed by atoms with van der Waals surface area (Å²) >= 11 is 6.19. The van der Waals surface area contributed by atoms with Crippen LogP contribution < -0.4 is 19.9 Å². The first-order chi connectivity index (χ1) is 28.1. The highest BCUT2D eigenvalue weighted by molar-refractivity contribution is 6.31. The van der Waals surface area contributed by atoms with E-state index in [1.54, 1.807) is 30.3 Å². The minimum atomic E-state index is -0.984. The summed E-state index contributed by atoms with van der Waals surface area (Å²) in [5.41, 5.74) is 3.37. The first-order valence-electron chi connectivity index (χ1n) is 20.3. The molecule has 1 unspecified atom stereocenters. The molecule has 2 aromatic carbocycles. The molecule has 9 rings (SSSR count). The van der Waals surface area contributed by atoms with Crippen LogP contribution in [0.25, 0.3) is 0 Å². The number of aromatic nitrogens is 1. The van der Waals surface area contributed by atoms with Crippen LogP contribution in [0.2, 0.25) is 5.02 Å². The fraction of sp³-hybridized carbons (Fsp3) is 0.465. The molecule has 1 aliphatic carbocycles. The van der Waals surface area contributed by atoms with E-state index in [0.717, 1.165) is 99.6 Å². The Bertz CT molecular complexity index is 2220. The van der Waals surface area contributed by atoms with Crippen molar-refractivity contribution in [2.45, 2.75) is 101 Å². The molecule has 6 aliphatic rings. The van der Waals surface area contributed by atoms with E-state index in [-0.39, 0.29) is 54.2 Å². The van der Waals surface area contributed by atoms with Crippen LogP contribution in [-0.2, 0) is 20.9 Å². The monoisotopic (exact) mass is 805 g/mol. The Kier molecular flexibility index (Phi) is 10.3. The third kappa shape index (κ3) is 7.26. The van der Waals surface area contributed by atoms with E-state index < -0.39 is 29.7 Å². The van der Waals surface area contributed by atoms with Crippen molar-refractivity contribution in [2.75, 3.05) is 36.0 Å². The van der Waals surface area contributed by atoms with Gasteiger partial charge in [-0.25, -0.2) is 4.98 Å². The first kappa shape index (κ1) is 38.0. The molecule has 3 aromatic rings. The van der Waals surface area contributed by atoms with E-state index in [0.29, 0.717) is 28.4 Å². The number of hydrogen-bond acceptors (Lipinski definition) is 11. The van der Waals surface area contributed by atoms with E-state index in [2.05, 4.69) is 21.2 Å². The number of benzene rings is 2. The Balaban J connectivity index is 0.730. The van der Waals surface area contributed by atoms with E-state index in [1.807, 2.05) is 23.1 Å². The lowest BCUT2D eigenvalue weighted by atomic mass is 9.92. The number of ether oxygens (including phenoxy) is 2. The van der Waals surface area contributed by atoms with Crippen molar-refractivity contribution in [3.05, 3.63) is 81.5 Å². The topological polar surface area (TPSA) is 165 Å². The number of amides is 5. The molecule has 0 radical (unpaired) electrons. The Hall–Kier alpha value is -5.52. The maximum absolute atomic E-state index is 13.5. The van der Waals surface area contributed by atoms with Gasteiger partial charge in [0, 0.05) is 50.4 Å². The van der Waals surface area contributed by atoms with Gasteiger partial charge in [0.05, 0.1) is 57.8 Å². The smallest absolute Gasteiger partial charge is 0.262 e. The van der Waals surface area contributed by atoms with Gasteiger partial charge in [0.15, 0.2) is 0 Å². The molecule has 1 N–H and O–H groups in total. The second-order valence-corrected chi connectivity index (χ2v) is 16.5. The van der Waals surface area contributed by atoms with Crippen molar-refractivity contribution in [1.82, 2.24) is 20.1 Å². The van der Waals surface area contributed by atoms with E-state index in [9.17, 15) is 24.0 Å². The van der Waals surface area contributed by atoms with Crippen LogP contribution in [0.3, 0.4) is 0 Å². The number of fused-ring (bicyclic) bond motifs is 2. The second-order valence-electron chi connectivity index (χ2n) is 16.1. The highest BCUT2D eigenvalue weighted by Gasteiger charge is 2.45. The predicted molar refractivity (Wildman–Crippen MR) is 212 cm³/mol. The largest absolute Gasteiger partial charge is 0.490 e. The molecule has 5 amide bonds. The molecular weight excluding hydrogens is 762 g/mol. The molecule has 1 saturated carbocycles. The molecule has 1 atom stereocenters. The van der Waals surface area contributed by atoms with Gasteiger partial charge in [0.25, 0.3) is 17.7 Å². The van der Waals surface area contributed by atoms with Crippen LogP contribution in [0.4, 0.5) is 11.5 Å². The van der Waals surface area contributed by atoms with E-state index in [4.69, 9.17) is 31.3 Å². The van der Waals surface area contributed by atoms with Crippen LogP contribution in [0.15, 0.2) is 48.5 Å². The predicted octanol–water partition coefficient (Wildman–Crippen LogP) is 5.01. The van der Waals surface area contributed by atoms with Crippen LogP contribution >= 0.6 is 11.6 Å². The van der Waals surface area contributed by atoms with Crippen molar-refractivity contribution in [2.24, 2.45) is 0 Å². The number of nitrogens with one attached hydrogen (secondary N) is 1. The SMILES string of the molecule is N#Cc1ccc(OC2CCC(N3Cc4nc(N5CCC(OC6CCN(c7ccc8c(c7)C(=O)N(C7CCC(=O)NC7=O)C8=O)CC6)CC5)ccc4C3=O)CC2)cc1Cl. The number of halogens is 1. The summed E-state index contributed by atoms with van der Waals surface area (Å²) in [6.07, 6.45) is 7.30. The molecule has 5 aliphatic heterocycles. The maximum atomic E-state index is 13.5. The molecule has 300 valence electrons. The minimum absolute atomic E-state index is 0.0327. The van der Waals surface area contributed by atoms with Crippen LogP contribution in [0.5, 0.6) is 5.75 Å². The fourth-order valence-corrected chi connectivity index (χ4v) is 9.60. The van der Waals surface area contributed by atoms with E-state index in [1.165, 1.54) is 0 Å². The zero-order valence-corrected chi connectivity index (χ0v) is 32.8. The molecule has 6 heterocycles. The lowest BCUT2D eigenvalue weighted by Gasteiger charge is -2.38. The molecule has 58 heavy (non-hydrogen) atoms. The number of imide groups is 2. The number of carbonyl (C=O) groups excluding carboxylic acids is 5. The summed E-state index contributed by atoms with van der Waals surface area (Å²) in [6, 6.07) is 15.5. The average Bonchev–Trinajstić information content (AvgIpc) is 3.69. The molecule has 14 nitrogen and oxygen atoms in total. The molecule has 1 aromatic heterocycles. The van der Waals surface area contributed by atoms with Crippen molar-refractivity contribution < 1.29 is 33.4 Å². The van der Waals surface area contributed by atoms with Gasteiger partial charge < -0.3 is 24.2 Å². The number of hydrogen-bond donors (Lipinski definition) is 1. The first-order valence-corrected chi connectivity index (χ1v) is 20.7. The standard InChI is InChI=1S/C43H44ClN7O7/c44-35-22-31(5-1-25(35)23-45)58-28-6-2-26(3-7-28)50-24-36-33(41(50)54)9-11-38(46-36)49-19-15-30(16-20-49)57-29-13-17-48(18-14-29)27-4-8-32-34(21-27)43(56)51(42(32)55)37-10-12-39(52)47-40(37)53/h1,4-5,8-9,11,21-22,26,28-30,37H,2-3,6-7,10,12-20,24H2,(H,47,52,53). The molecule has 15 heteroatoms. The van der Waals surface area contributed by atoms with Gasteiger partial charge in [0.2, 0.25) is 11.8 Å². The number of pyridine rings is 1. The number of nitriles is 1. The van der Waals surface area contributed by atoms with Crippen molar-refractivity contribution >= 4 is 52.6 Å². The van der Waals surface area contributed by atoms with Gasteiger partial charge in [-0.05, 0) is 100 Å². The summed E-state index contributed by atoms with van der Waals surface area (Å²) in [6.45, 7) is 3.65. The normalized spacial score (nSPS) is 24.2. The molecular formula is C43H44ClN7O7. The number of anilines is 2. The highest BCUT2D eigenvalue weighted by atomic mass is 35.5. The lowest BCUT2D eigenvalue weighted by Crippen LogP contribution is -2.54. The van der Waals surface area contributed by atoms with Gasteiger partial charge in [-0.15, -0.1) is 0 Å². The molecule has 0 bridgehead atoms. The van der Waals surface area contributed by atoms with Crippen LogP contribution in [-0.4, -0.2) is 101 Å². The summed E-state index contributed by atoms with van der Waals surface area (Å²) in [5, 5.41) is 11.8. The Labute approximate surface area is 341 Å². The molecule has 4 fully saturated rings. The van der Waals surface area contributed by atoms with Crippen molar-refractivity contribution in [1.29, 1.82) is 5.26 Å². The average molecular weight is 806 g/mol. The maximum Gasteiger partial charge on any atom is 0.262 e. The number of piperidine rings is 3. The fourth-order valence-electron chi connectivity index (χ4n) is 9.39. The van der Waals surface area contributed by atoms with Gasteiger partial charge >= 0.3 is 0 Å². The number of carbonyl (C=O) groups is 5. The van der Waals surface area contributed by atoms with Crippen LogP contribution in [0, 0.1) is 11.3 Å². The lowest BCUT2D eigenvalue weighted by molar-refractivity contribution is -0.136. The zero-order valence-electron chi connectivity index (χ0n) is 32.0. The Morgan fingerprint density at radius 1 is 0.724 bits per heavy atom. The third-order valence-electron chi connectivity index (χ3n) is 12.6. The summed E-state index contributed by atoms with van der Waals surface area (Å²) in [7, 11) is 0. The quantitative estimate of drug-likeness (QED) is 0.305. The Morgan fingerprint density at radius 2 is 1.41 bits per heavy atom. The summed E-state index contributed by atoms with van der Waals surface area (Å²) < 4.78 is 12.8. The Morgan fingerprint density at radius 3 is 2.10 bits per heavy atom. The summed E-state index contributed by atoms with van der Waals surface area (Å²) in [4.78, 5) is 76.4. The van der Waals surface area contributed by atoms with E-state index >= 15 is 0 Å². The molecule has 0 spiro atoms. The second kappa shape index (κ2) is 15.7. The van der Waals surface area contributed by atoms with Gasteiger partial charge in [0.1, 0.15) is 23.7 Å². The number of nitrogens with zero attached hydrogens (tertiary/aromatic N) is 6. The van der Waals surface area contributed by atoms with Crippen molar-refractivity contribution in [3.63, 3.8) is 0 Å².